The summed E-state index contributed by atoms with van der Waals surface area (Å²) in [6, 6.07) is 0. The minimum Gasteiger partial charge on any atom is -0.378 e. The minimum atomic E-state index is 0.0987. The number of nitrogens with two attached hydrogens (primary N) is 1. The fourth-order valence-corrected chi connectivity index (χ4v) is 2.80. The van der Waals surface area contributed by atoms with E-state index in [9.17, 15) is 0 Å². The SMILES string of the molecule is CC1CCC(N)(CC2CCCO2)CC1. The van der Waals surface area contributed by atoms with Gasteiger partial charge < -0.3 is 10.5 Å². The van der Waals surface area contributed by atoms with Crippen molar-refractivity contribution in [2.45, 2.75) is 63.5 Å². The van der Waals surface area contributed by atoms with E-state index in [1.165, 1.54) is 38.5 Å². The summed E-state index contributed by atoms with van der Waals surface area (Å²) in [4.78, 5) is 0. The standard InChI is InChI=1S/C12H23NO/c1-10-4-6-12(13,7-5-10)9-11-3-2-8-14-11/h10-11H,2-9,13H2,1H3. The van der Waals surface area contributed by atoms with Gasteiger partial charge in [0.05, 0.1) is 6.10 Å². The highest BCUT2D eigenvalue weighted by atomic mass is 16.5. The maximum Gasteiger partial charge on any atom is 0.0593 e. The van der Waals surface area contributed by atoms with Crippen molar-refractivity contribution >= 4 is 0 Å². The summed E-state index contributed by atoms with van der Waals surface area (Å²) in [6.45, 7) is 3.29. The lowest BCUT2D eigenvalue weighted by molar-refractivity contribution is 0.0702. The second-order valence-electron chi connectivity index (χ2n) is 5.38. The Hall–Kier alpha value is -0.0800. The summed E-state index contributed by atoms with van der Waals surface area (Å²) in [6.07, 6.45) is 9.05. The van der Waals surface area contributed by atoms with Crippen molar-refractivity contribution in [1.82, 2.24) is 0 Å². The Balaban J connectivity index is 1.82. The summed E-state index contributed by atoms with van der Waals surface area (Å²) in [5.74, 6) is 0.885. The average molecular weight is 197 g/mol. The molecule has 1 aliphatic carbocycles. The van der Waals surface area contributed by atoms with Crippen molar-refractivity contribution in [2.75, 3.05) is 6.61 Å². The van der Waals surface area contributed by atoms with Crippen LogP contribution in [0.1, 0.15) is 51.9 Å². The van der Waals surface area contributed by atoms with Crippen molar-refractivity contribution in [3.05, 3.63) is 0 Å². The van der Waals surface area contributed by atoms with E-state index in [-0.39, 0.29) is 5.54 Å². The molecular weight excluding hydrogens is 174 g/mol. The number of hydrogen-bond acceptors (Lipinski definition) is 2. The first-order valence-corrected chi connectivity index (χ1v) is 6.08. The Labute approximate surface area is 87.2 Å². The van der Waals surface area contributed by atoms with E-state index >= 15 is 0 Å². The van der Waals surface area contributed by atoms with Crippen LogP contribution in [0.15, 0.2) is 0 Å². The van der Waals surface area contributed by atoms with Crippen LogP contribution in [0.3, 0.4) is 0 Å². The van der Waals surface area contributed by atoms with E-state index in [4.69, 9.17) is 10.5 Å². The van der Waals surface area contributed by atoms with E-state index < -0.39 is 0 Å². The molecule has 2 fully saturated rings. The predicted molar refractivity (Wildman–Crippen MR) is 58.1 cm³/mol. The Bertz CT molecular complexity index is 179. The van der Waals surface area contributed by atoms with Gasteiger partial charge in [-0.15, -0.1) is 0 Å². The second kappa shape index (κ2) is 4.19. The first-order valence-electron chi connectivity index (χ1n) is 6.08. The molecule has 14 heavy (non-hydrogen) atoms. The minimum absolute atomic E-state index is 0.0987. The smallest absolute Gasteiger partial charge is 0.0593 e. The van der Waals surface area contributed by atoms with Gasteiger partial charge in [-0.25, -0.2) is 0 Å². The summed E-state index contributed by atoms with van der Waals surface area (Å²) >= 11 is 0. The molecule has 0 aromatic carbocycles. The highest BCUT2D eigenvalue weighted by Gasteiger charge is 2.33. The maximum absolute atomic E-state index is 6.42. The van der Waals surface area contributed by atoms with Crippen molar-refractivity contribution in [3.63, 3.8) is 0 Å². The van der Waals surface area contributed by atoms with Gasteiger partial charge in [-0.1, -0.05) is 6.92 Å². The summed E-state index contributed by atoms with van der Waals surface area (Å²) in [7, 11) is 0. The molecule has 1 saturated heterocycles. The van der Waals surface area contributed by atoms with Gasteiger partial charge in [0.2, 0.25) is 0 Å². The van der Waals surface area contributed by atoms with E-state index in [0.29, 0.717) is 6.10 Å². The van der Waals surface area contributed by atoms with Crippen LogP contribution in [0, 0.1) is 5.92 Å². The summed E-state index contributed by atoms with van der Waals surface area (Å²) in [5, 5.41) is 0. The maximum atomic E-state index is 6.42. The van der Waals surface area contributed by atoms with Crippen molar-refractivity contribution in [2.24, 2.45) is 11.7 Å². The lowest BCUT2D eigenvalue weighted by Crippen LogP contribution is -2.45. The van der Waals surface area contributed by atoms with Crippen LogP contribution in [0.2, 0.25) is 0 Å². The topological polar surface area (TPSA) is 35.2 Å². The van der Waals surface area contributed by atoms with E-state index in [0.717, 1.165) is 18.9 Å². The van der Waals surface area contributed by atoms with Crippen LogP contribution >= 0.6 is 0 Å². The highest BCUT2D eigenvalue weighted by Crippen LogP contribution is 2.35. The molecule has 0 aromatic rings. The number of ether oxygens (including phenoxy) is 1. The fraction of sp³-hybridized carbons (Fsp3) is 1.00. The zero-order valence-corrected chi connectivity index (χ0v) is 9.30. The zero-order chi connectivity index (χ0) is 10.0. The van der Waals surface area contributed by atoms with Gasteiger partial charge in [0.1, 0.15) is 0 Å². The molecule has 2 nitrogen and oxygen atoms in total. The lowest BCUT2D eigenvalue weighted by Gasteiger charge is -2.37. The van der Waals surface area contributed by atoms with Crippen LogP contribution in [0.25, 0.3) is 0 Å². The first-order chi connectivity index (χ1) is 6.68. The number of hydrogen-bond donors (Lipinski definition) is 1. The summed E-state index contributed by atoms with van der Waals surface area (Å²) in [5.41, 5.74) is 6.52. The molecule has 2 N–H and O–H groups in total. The Kier molecular flexibility index (Phi) is 3.13. The van der Waals surface area contributed by atoms with Gasteiger partial charge in [-0.3, -0.25) is 0 Å². The van der Waals surface area contributed by atoms with Crippen LogP contribution in [0.4, 0.5) is 0 Å². The molecule has 1 aliphatic heterocycles. The molecule has 1 saturated carbocycles. The summed E-state index contributed by atoms with van der Waals surface area (Å²) < 4.78 is 5.67. The van der Waals surface area contributed by atoms with Gasteiger partial charge >= 0.3 is 0 Å². The third-order valence-corrected chi connectivity index (χ3v) is 3.93. The van der Waals surface area contributed by atoms with E-state index in [2.05, 4.69) is 6.92 Å². The molecule has 0 bridgehead atoms. The largest absolute Gasteiger partial charge is 0.378 e. The van der Waals surface area contributed by atoms with Crippen LogP contribution < -0.4 is 5.73 Å². The molecule has 1 unspecified atom stereocenters. The fourth-order valence-electron chi connectivity index (χ4n) is 2.80. The molecule has 2 rings (SSSR count). The van der Waals surface area contributed by atoms with Crippen LogP contribution in [-0.4, -0.2) is 18.2 Å². The van der Waals surface area contributed by atoms with Crippen molar-refractivity contribution in [3.8, 4) is 0 Å². The van der Waals surface area contributed by atoms with Crippen LogP contribution in [-0.2, 0) is 4.74 Å². The molecule has 0 spiro atoms. The van der Waals surface area contributed by atoms with Gasteiger partial charge in [0.15, 0.2) is 0 Å². The quantitative estimate of drug-likeness (QED) is 0.738. The third-order valence-electron chi connectivity index (χ3n) is 3.93. The van der Waals surface area contributed by atoms with Gasteiger partial charge in [0, 0.05) is 12.1 Å². The Morgan fingerprint density at radius 1 is 1.29 bits per heavy atom. The molecule has 1 heterocycles. The predicted octanol–water partition coefficient (Wildman–Crippen LogP) is 2.46. The van der Waals surface area contributed by atoms with Gasteiger partial charge in [0.25, 0.3) is 0 Å². The molecule has 1 atom stereocenters. The molecule has 2 heteroatoms. The third kappa shape index (κ3) is 2.48. The normalized spacial score (nSPS) is 44.1. The van der Waals surface area contributed by atoms with E-state index in [1.807, 2.05) is 0 Å². The van der Waals surface area contributed by atoms with E-state index in [1.54, 1.807) is 0 Å². The molecule has 0 aromatic heterocycles. The van der Waals surface area contributed by atoms with Crippen molar-refractivity contribution in [1.29, 1.82) is 0 Å². The van der Waals surface area contributed by atoms with Gasteiger partial charge in [-0.05, 0) is 50.9 Å². The zero-order valence-electron chi connectivity index (χ0n) is 9.30. The highest BCUT2D eigenvalue weighted by molar-refractivity contribution is 4.91. The van der Waals surface area contributed by atoms with Gasteiger partial charge in [-0.2, -0.15) is 0 Å². The van der Waals surface area contributed by atoms with Crippen LogP contribution in [0.5, 0.6) is 0 Å². The molecule has 0 amide bonds. The molecule has 2 aliphatic rings. The monoisotopic (exact) mass is 197 g/mol. The van der Waals surface area contributed by atoms with Crippen molar-refractivity contribution < 1.29 is 4.74 Å². The molecule has 82 valence electrons. The molecule has 0 radical (unpaired) electrons. The molecular formula is C12H23NO. The second-order valence-corrected chi connectivity index (χ2v) is 5.38. The lowest BCUT2D eigenvalue weighted by atomic mass is 9.75. The Morgan fingerprint density at radius 3 is 2.57 bits per heavy atom. The number of rotatable bonds is 2. The Morgan fingerprint density at radius 2 is 2.00 bits per heavy atom. The first kappa shape index (κ1) is 10.4. The average Bonchev–Trinajstić information content (AvgIpc) is 2.63.